The lowest BCUT2D eigenvalue weighted by molar-refractivity contribution is -0.117. The summed E-state index contributed by atoms with van der Waals surface area (Å²) >= 11 is 0. The van der Waals surface area contributed by atoms with E-state index in [0.717, 1.165) is 32.1 Å². The largest absolute Gasteiger partial charge is 0.328 e. The molecule has 0 spiro atoms. The Hall–Kier alpha value is -1.53. The minimum Gasteiger partial charge on any atom is -0.328 e. The number of aromatic nitrogens is 1. The highest BCUT2D eigenvalue weighted by atomic mass is 19.1. The molecule has 1 aliphatic heterocycles. The molecule has 2 heterocycles. The van der Waals surface area contributed by atoms with E-state index in [9.17, 15) is 9.18 Å². The van der Waals surface area contributed by atoms with Crippen LogP contribution in [0.2, 0.25) is 0 Å². The highest BCUT2D eigenvalue weighted by molar-refractivity contribution is 5.92. The van der Waals surface area contributed by atoms with Crippen LogP contribution in [0.25, 0.3) is 0 Å². The predicted molar refractivity (Wildman–Crippen MR) is 66.5 cm³/mol. The first-order chi connectivity index (χ1) is 8.65. The Bertz CT molecular complexity index is 418. The summed E-state index contributed by atoms with van der Waals surface area (Å²) in [6.45, 7) is 1.90. The Morgan fingerprint density at radius 2 is 2.28 bits per heavy atom. The van der Waals surface area contributed by atoms with Gasteiger partial charge < -0.3 is 11.1 Å². The number of rotatable bonds is 3. The number of nitrogens with two attached hydrogens (primary N) is 1. The van der Waals surface area contributed by atoms with Crippen molar-refractivity contribution in [1.82, 2.24) is 9.88 Å². The highest BCUT2D eigenvalue weighted by Crippen LogP contribution is 2.12. The fourth-order valence-corrected chi connectivity index (χ4v) is 1.98. The number of hydrogen-bond acceptors (Lipinski definition) is 4. The van der Waals surface area contributed by atoms with Gasteiger partial charge in [-0.25, -0.2) is 4.39 Å². The lowest BCUT2D eigenvalue weighted by Crippen LogP contribution is -2.43. The zero-order valence-corrected chi connectivity index (χ0v) is 10.1. The normalized spacial score (nSPS) is 17.7. The smallest absolute Gasteiger partial charge is 0.238 e. The van der Waals surface area contributed by atoms with Gasteiger partial charge in [-0.15, -0.1) is 0 Å². The van der Waals surface area contributed by atoms with Gasteiger partial charge in [-0.1, -0.05) is 0 Å². The molecule has 18 heavy (non-hydrogen) atoms. The summed E-state index contributed by atoms with van der Waals surface area (Å²) in [5, 5.41) is 2.54. The summed E-state index contributed by atoms with van der Waals surface area (Å²) in [7, 11) is 0. The van der Waals surface area contributed by atoms with Gasteiger partial charge in [-0.2, -0.15) is 0 Å². The van der Waals surface area contributed by atoms with Crippen LogP contribution in [-0.2, 0) is 4.79 Å². The van der Waals surface area contributed by atoms with Crippen LogP contribution in [0.4, 0.5) is 10.1 Å². The van der Waals surface area contributed by atoms with Crippen LogP contribution in [0.1, 0.15) is 12.8 Å². The summed E-state index contributed by atoms with van der Waals surface area (Å²) in [4.78, 5) is 17.4. The summed E-state index contributed by atoms with van der Waals surface area (Å²) in [5.74, 6) is -0.734. The zero-order chi connectivity index (χ0) is 13.0. The summed E-state index contributed by atoms with van der Waals surface area (Å²) in [6, 6.07) is 1.68. The molecule has 1 aromatic rings. The Labute approximate surface area is 105 Å². The number of piperidine rings is 1. The van der Waals surface area contributed by atoms with Crippen LogP contribution in [0, 0.1) is 5.82 Å². The van der Waals surface area contributed by atoms with Crippen molar-refractivity contribution in [2.45, 2.75) is 18.9 Å². The summed E-state index contributed by atoms with van der Waals surface area (Å²) < 4.78 is 13.3. The molecular weight excluding hydrogens is 235 g/mol. The second kappa shape index (κ2) is 5.88. The van der Waals surface area contributed by atoms with Gasteiger partial charge in [-0.05, 0) is 18.9 Å². The monoisotopic (exact) mass is 252 g/mol. The van der Waals surface area contributed by atoms with E-state index in [1.807, 2.05) is 4.90 Å². The fourth-order valence-electron chi connectivity index (χ4n) is 1.98. The van der Waals surface area contributed by atoms with Gasteiger partial charge in [0.25, 0.3) is 0 Å². The van der Waals surface area contributed by atoms with E-state index < -0.39 is 5.82 Å². The van der Waals surface area contributed by atoms with Gasteiger partial charge in [-0.3, -0.25) is 14.7 Å². The minimum absolute atomic E-state index is 0.170. The molecule has 1 saturated heterocycles. The predicted octanol–water partition coefficient (Wildman–Crippen LogP) is 0.582. The molecule has 0 atom stereocenters. The molecular formula is C12H17FN4O. The number of amides is 1. The second-order valence-electron chi connectivity index (χ2n) is 4.52. The highest BCUT2D eigenvalue weighted by Gasteiger charge is 2.18. The second-order valence-corrected chi connectivity index (χ2v) is 4.52. The van der Waals surface area contributed by atoms with Crippen molar-refractivity contribution in [2.24, 2.45) is 5.73 Å². The first kappa shape index (κ1) is 12.9. The molecule has 1 amide bonds. The molecule has 1 aliphatic rings. The number of hydrogen-bond donors (Lipinski definition) is 2. The maximum Gasteiger partial charge on any atom is 0.238 e. The van der Waals surface area contributed by atoms with E-state index in [1.165, 1.54) is 12.3 Å². The number of nitrogens with zero attached hydrogens (tertiary/aromatic N) is 2. The van der Waals surface area contributed by atoms with Gasteiger partial charge >= 0.3 is 0 Å². The molecule has 98 valence electrons. The maximum absolute atomic E-state index is 13.3. The molecule has 0 radical (unpaired) electrons. The summed E-state index contributed by atoms with van der Waals surface area (Å²) in [6.07, 6.45) is 4.32. The van der Waals surface area contributed by atoms with E-state index in [2.05, 4.69) is 10.3 Å². The van der Waals surface area contributed by atoms with Crippen molar-refractivity contribution < 1.29 is 9.18 Å². The number of pyridine rings is 1. The third-order valence-electron chi connectivity index (χ3n) is 3.05. The molecule has 5 nitrogen and oxygen atoms in total. The number of anilines is 1. The topological polar surface area (TPSA) is 71.2 Å². The lowest BCUT2D eigenvalue weighted by atomic mass is 10.1. The van der Waals surface area contributed by atoms with E-state index in [0.29, 0.717) is 0 Å². The van der Waals surface area contributed by atoms with Crippen molar-refractivity contribution in [3.05, 3.63) is 24.3 Å². The Kier molecular flexibility index (Phi) is 4.22. The number of halogens is 1. The zero-order valence-electron chi connectivity index (χ0n) is 10.1. The fraction of sp³-hybridized carbons (Fsp3) is 0.500. The van der Waals surface area contributed by atoms with Gasteiger partial charge in [0, 0.05) is 25.3 Å². The minimum atomic E-state index is -0.522. The molecule has 3 N–H and O–H groups in total. The molecule has 0 aliphatic carbocycles. The number of carbonyl (C=O) groups is 1. The molecule has 0 saturated carbocycles. The molecule has 0 aromatic carbocycles. The lowest BCUT2D eigenvalue weighted by Gasteiger charge is -2.29. The van der Waals surface area contributed by atoms with Crippen molar-refractivity contribution in [1.29, 1.82) is 0 Å². The third kappa shape index (κ3) is 3.48. The van der Waals surface area contributed by atoms with Crippen molar-refractivity contribution in [2.75, 3.05) is 25.0 Å². The number of carbonyl (C=O) groups excluding carboxylic acids is 1. The maximum atomic E-state index is 13.3. The Morgan fingerprint density at radius 1 is 1.56 bits per heavy atom. The molecule has 1 fully saturated rings. The molecule has 6 heteroatoms. The van der Waals surface area contributed by atoms with Gasteiger partial charge in [0.2, 0.25) is 5.91 Å². The average molecular weight is 252 g/mol. The summed E-state index contributed by atoms with van der Waals surface area (Å²) in [5.41, 5.74) is 5.96. The average Bonchev–Trinajstić information content (AvgIpc) is 2.35. The first-order valence-corrected chi connectivity index (χ1v) is 6.02. The van der Waals surface area contributed by atoms with Crippen LogP contribution in [0.15, 0.2) is 18.5 Å². The van der Waals surface area contributed by atoms with E-state index >= 15 is 0 Å². The van der Waals surface area contributed by atoms with E-state index in [-0.39, 0.29) is 24.2 Å². The SMILES string of the molecule is NC1CCN(CC(=O)Nc2ccncc2F)CC1. The van der Waals surface area contributed by atoms with E-state index in [1.54, 1.807) is 0 Å². The molecule has 0 unspecified atom stereocenters. The van der Waals surface area contributed by atoms with Gasteiger partial charge in [0.05, 0.1) is 18.4 Å². The molecule has 2 rings (SSSR count). The third-order valence-corrected chi connectivity index (χ3v) is 3.05. The van der Waals surface area contributed by atoms with Crippen LogP contribution in [0.5, 0.6) is 0 Å². The van der Waals surface area contributed by atoms with Crippen LogP contribution >= 0.6 is 0 Å². The molecule has 0 bridgehead atoms. The van der Waals surface area contributed by atoms with Crippen LogP contribution in [0.3, 0.4) is 0 Å². The Balaban J connectivity index is 1.84. The number of likely N-dealkylation sites (tertiary alicyclic amines) is 1. The Morgan fingerprint density at radius 3 is 2.94 bits per heavy atom. The van der Waals surface area contributed by atoms with Crippen molar-refractivity contribution in [3.63, 3.8) is 0 Å². The molecule has 1 aromatic heterocycles. The van der Waals surface area contributed by atoms with Crippen LogP contribution in [-0.4, -0.2) is 41.5 Å². The van der Waals surface area contributed by atoms with E-state index in [4.69, 9.17) is 5.73 Å². The van der Waals surface area contributed by atoms with Gasteiger partial charge in [0.1, 0.15) is 0 Å². The number of nitrogens with one attached hydrogen (secondary N) is 1. The van der Waals surface area contributed by atoms with Crippen molar-refractivity contribution in [3.8, 4) is 0 Å². The standard InChI is InChI=1S/C12H17FN4O/c13-10-7-15-4-1-11(10)16-12(18)8-17-5-2-9(14)3-6-17/h1,4,7,9H,2-3,5-6,8,14H2,(H,15,16,18). The van der Waals surface area contributed by atoms with Crippen molar-refractivity contribution >= 4 is 11.6 Å². The van der Waals surface area contributed by atoms with Gasteiger partial charge in [0.15, 0.2) is 5.82 Å². The van der Waals surface area contributed by atoms with Crippen LogP contribution < -0.4 is 11.1 Å². The quantitative estimate of drug-likeness (QED) is 0.825. The first-order valence-electron chi connectivity index (χ1n) is 6.02.